The van der Waals surface area contributed by atoms with E-state index >= 15 is 0 Å². The molecule has 1 aromatic carbocycles. The summed E-state index contributed by atoms with van der Waals surface area (Å²) in [5, 5.41) is 3.71. The van der Waals surface area contributed by atoms with Gasteiger partial charge in [0.2, 0.25) is 0 Å². The third-order valence-electron chi connectivity index (χ3n) is 5.04. The monoisotopic (exact) mass is 275 g/mol. The first-order chi connectivity index (χ1) is 9.66. The van der Waals surface area contributed by atoms with Crippen molar-refractivity contribution >= 4 is 0 Å². The first-order valence-electron chi connectivity index (χ1n) is 8.13. The van der Waals surface area contributed by atoms with Gasteiger partial charge in [-0.1, -0.05) is 38.5 Å². The van der Waals surface area contributed by atoms with Crippen LogP contribution in [0.2, 0.25) is 0 Å². The Labute approximate surface area is 123 Å². The summed E-state index contributed by atoms with van der Waals surface area (Å²) in [7, 11) is 0. The van der Waals surface area contributed by atoms with Crippen LogP contribution in [0.15, 0.2) is 24.3 Å². The summed E-state index contributed by atoms with van der Waals surface area (Å²) in [6.07, 6.45) is 5.05. The van der Waals surface area contributed by atoms with E-state index in [0.717, 1.165) is 18.7 Å². The van der Waals surface area contributed by atoms with Gasteiger partial charge in [-0.25, -0.2) is 0 Å². The quantitative estimate of drug-likeness (QED) is 0.800. The Balaban J connectivity index is 2.03. The molecule has 0 heterocycles. The Morgan fingerprint density at radius 2 is 1.80 bits per heavy atom. The zero-order chi connectivity index (χ0) is 14.6. The van der Waals surface area contributed by atoms with E-state index in [1.165, 1.54) is 24.8 Å². The van der Waals surface area contributed by atoms with Crippen LogP contribution >= 0.6 is 0 Å². The Morgan fingerprint density at radius 3 is 2.35 bits per heavy atom. The molecule has 1 aliphatic rings. The van der Waals surface area contributed by atoms with Crippen LogP contribution in [0.25, 0.3) is 0 Å². The zero-order valence-electron chi connectivity index (χ0n) is 13.4. The van der Waals surface area contributed by atoms with Crippen LogP contribution in [-0.4, -0.2) is 18.7 Å². The van der Waals surface area contributed by atoms with Crippen LogP contribution in [0.5, 0.6) is 5.75 Å². The smallest absolute Gasteiger partial charge is 0.119 e. The van der Waals surface area contributed by atoms with Crippen LogP contribution in [0.4, 0.5) is 0 Å². The summed E-state index contributed by atoms with van der Waals surface area (Å²) in [6.45, 7) is 10.1. The van der Waals surface area contributed by atoms with E-state index in [-0.39, 0.29) is 0 Å². The number of hydrogen-bond acceptors (Lipinski definition) is 2. The highest BCUT2D eigenvalue weighted by atomic mass is 16.5. The fraction of sp³-hybridized carbons (Fsp3) is 0.667. The highest BCUT2D eigenvalue weighted by Gasteiger charge is 2.53. The van der Waals surface area contributed by atoms with Gasteiger partial charge in [0.25, 0.3) is 0 Å². The van der Waals surface area contributed by atoms with Crippen molar-refractivity contribution in [2.75, 3.05) is 6.54 Å². The molecule has 0 amide bonds. The molecule has 2 heteroatoms. The average Bonchev–Trinajstić information content (AvgIpc) is 2.45. The predicted octanol–water partition coefficient (Wildman–Crippen LogP) is 4.32. The molecule has 2 nitrogen and oxygen atoms in total. The van der Waals surface area contributed by atoms with Gasteiger partial charge >= 0.3 is 0 Å². The highest BCUT2D eigenvalue weighted by Crippen LogP contribution is 2.49. The number of benzene rings is 1. The summed E-state index contributed by atoms with van der Waals surface area (Å²) < 4.78 is 6.27. The minimum Gasteiger partial charge on any atom is -0.490 e. The van der Waals surface area contributed by atoms with Gasteiger partial charge in [-0.05, 0) is 44.9 Å². The molecule has 2 atom stereocenters. The zero-order valence-corrected chi connectivity index (χ0v) is 13.4. The van der Waals surface area contributed by atoms with E-state index in [0.29, 0.717) is 17.6 Å². The molecule has 0 aromatic heterocycles. The molecule has 0 radical (unpaired) electrons. The van der Waals surface area contributed by atoms with E-state index in [2.05, 4.69) is 57.3 Å². The van der Waals surface area contributed by atoms with E-state index in [9.17, 15) is 0 Å². The lowest BCUT2D eigenvalue weighted by atomic mass is 9.58. The number of rotatable bonds is 7. The molecular weight excluding hydrogens is 246 g/mol. The van der Waals surface area contributed by atoms with Crippen LogP contribution < -0.4 is 10.1 Å². The molecule has 1 saturated carbocycles. The fourth-order valence-electron chi connectivity index (χ4n) is 3.50. The Kier molecular flexibility index (Phi) is 5.09. The summed E-state index contributed by atoms with van der Waals surface area (Å²) in [5.74, 6) is 1.01. The molecule has 0 aliphatic heterocycles. The summed E-state index contributed by atoms with van der Waals surface area (Å²) in [4.78, 5) is 0. The molecule has 1 N–H and O–H groups in total. The number of hydrogen-bond donors (Lipinski definition) is 1. The van der Waals surface area contributed by atoms with Gasteiger partial charge in [0.1, 0.15) is 11.9 Å². The van der Waals surface area contributed by atoms with Gasteiger partial charge < -0.3 is 10.1 Å². The van der Waals surface area contributed by atoms with Gasteiger partial charge in [-0.2, -0.15) is 0 Å². The van der Waals surface area contributed by atoms with Gasteiger partial charge in [0, 0.05) is 17.9 Å². The standard InChI is InChI=1S/C18H29NO/c1-5-12-19-16-13-17(18(16,6-2)7-3)20-15-10-8-14(4)9-11-15/h8-11,16-17,19H,5-7,12-13H2,1-4H3. The van der Waals surface area contributed by atoms with E-state index in [1.807, 2.05) is 0 Å². The van der Waals surface area contributed by atoms with Gasteiger partial charge in [-0.3, -0.25) is 0 Å². The van der Waals surface area contributed by atoms with Crippen molar-refractivity contribution in [1.29, 1.82) is 0 Å². The van der Waals surface area contributed by atoms with Crippen LogP contribution in [0.1, 0.15) is 52.0 Å². The van der Waals surface area contributed by atoms with Crippen molar-refractivity contribution in [2.24, 2.45) is 5.41 Å². The molecule has 0 saturated heterocycles. The molecule has 2 unspecified atom stereocenters. The van der Waals surface area contributed by atoms with Crippen molar-refractivity contribution in [3.05, 3.63) is 29.8 Å². The highest BCUT2D eigenvalue weighted by molar-refractivity contribution is 5.27. The minimum atomic E-state index is 0.306. The van der Waals surface area contributed by atoms with E-state index < -0.39 is 0 Å². The molecule has 0 bridgehead atoms. The maximum Gasteiger partial charge on any atom is 0.119 e. The van der Waals surface area contributed by atoms with Gasteiger partial charge in [-0.15, -0.1) is 0 Å². The van der Waals surface area contributed by atoms with E-state index in [1.54, 1.807) is 0 Å². The molecule has 1 aromatic rings. The largest absolute Gasteiger partial charge is 0.490 e. The maximum absolute atomic E-state index is 6.27. The Hall–Kier alpha value is -1.02. The first-order valence-corrected chi connectivity index (χ1v) is 8.13. The summed E-state index contributed by atoms with van der Waals surface area (Å²) in [5.41, 5.74) is 1.59. The van der Waals surface area contributed by atoms with Crippen molar-refractivity contribution in [1.82, 2.24) is 5.32 Å². The molecule has 0 spiro atoms. The normalized spacial score (nSPS) is 24.2. The lowest BCUT2D eigenvalue weighted by Crippen LogP contribution is -2.64. The molecule has 112 valence electrons. The molecule has 1 fully saturated rings. The van der Waals surface area contributed by atoms with Crippen molar-refractivity contribution < 1.29 is 4.74 Å². The number of ether oxygens (including phenoxy) is 1. The Morgan fingerprint density at radius 1 is 1.15 bits per heavy atom. The van der Waals surface area contributed by atoms with Crippen LogP contribution in [0.3, 0.4) is 0 Å². The third-order valence-corrected chi connectivity index (χ3v) is 5.04. The Bertz CT molecular complexity index is 408. The van der Waals surface area contributed by atoms with Crippen molar-refractivity contribution in [3.8, 4) is 5.75 Å². The summed E-state index contributed by atoms with van der Waals surface area (Å²) in [6, 6.07) is 9.06. The second-order valence-corrected chi connectivity index (χ2v) is 6.10. The van der Waals surface area contributed by atoms with Crippen LogP contribution in [0, 0.1) is 12.3 Å². The van der Waals surface area contributed by atoms with Gasteiger partial charge in [0.05, 0.1) is 0 Å². The first kappa shape index (κ1) is 15.4. The second-order valence-electron chi connectivity index (χ2n) is 6.10. The second kappa shape index (κ2) is 6.62. The third kappa shape index (κ3) is 2.85. The predicted molar refractivity (Wildman–Crippen MR) is 85.3 cm³/mol. The maximum atomic E-state index is 6.27. The van der Waals surface area contributed by atoms with Crippen molar-refractivity contribution in [3.63, 3.8) is 0 Å². The lowest BCUT2D eigenvalue weighted by molar-refractivity contribution is -0.0858. The topological polar surface area (TPSA) is 21.3 Å². The number of aryl methyl sites for hydroxylation is 1. The van der Waals surface area contributed by atoms with Crippen molar-refractivity contribution in [2.45, 2.75) is 65.5 Å². The molecule has 1 aliphatic carbocycles. The minimum absolute atomic E-state index is 0.306. The SMILES string of the molecule is CCCNC1CC(Oc2ccc(C)cc2)C1(CC)CC. The lowest BCUT2D eigenvalue weighted by Gasteiger charge is -2.55. The molecule has 20 heavy (non-hydrogen) atoms. The summed E-state index contributed by atoms with van der Waals surface area (Å²) >= 11 is 0. The average molecular weight is 275 g/mol. The van der Waals surface area contributed by atoms with Crippen LogP contribution in [-0.2, 0) is 0 Å². The molecule has 2 rings (SSSR count). The van der Waals surface area contributed by atoms with Gasteiger partial charge in [0.15, 0.2) is 0 Å². The van der Waals surface area contributed by atoms with E-state index in [4.69, 9.17) is 4.74 Å². The fourth-order valence-corrected chi connectivity index (χ4v) is 3.50. The molecular formula is C18H29NO. The number of nitrogens with one attached hydrogen (secondary N) is 1.